The number of benzene rings is 1. The number of carbonyl (C=O) groups excluding carboxylic acids is 1. The third-order valence-corrected chi connectivity index (χ3v) is 4.26. The number of thioether (sulfide) groups is 1. The first-order valence-electron chi connectivity index (χ1n) is 7.26. The largest absolute Gasteiger partial charge is 0.298 e. The van der Waals surface area contributed by atoms with Crippen molar-refractivity contribution in [2.45, 2.75) is 25.9 Å². The highest BCUT2D eigenvalue weighted by Gasteiger charge is 2.19. The molecule has 0 saturated carbocycles. The van der Waals surface area contributed by atoms with Gasteiger partial charge in [-0.15, -0.1) is 10.2 Å². The molecule has 1 amide bonds. The van der Waals surface area contributed by atoms with Gasteiger partial charge in [0.1, 0.15) is 5.82 Å². The summed E-state index contributed by atoms with van der Waals surface area (Å²) >= 11 is 6.61. The molecular formula is C14H16N6O3S2. The van der Waals surface area contributed by atoms with Gasteiger partial charge in [0.15, 0.2) is 5.11 Å². The lowest BCUT2D eigenvalue weighted by atomic mass is 10.1. The van der Waals surface area contributed by atoms with E-state index in [0.717, 1.165) is 5.75 Å². The second kappa shape index (κ2) is 8.03. The molecule has 2 rings (SSSR count). The Morgan fingerprint density at radius 2 is 2.12 bits per heavy atom. The molecule has 0 spiro atoms. The monoisotopic (exact) mass is 380 g/mol. The molecule has 1 heterocycles. The average Bonchev–Trinajstić information content (AvgIpc) is 2.88. The molecule has 0 aliphatic carbocycles. The van der Waals surface area contributed by atoms with Crippen LogP contribution < -0.4 is 10.7 Å². The lowest BCUT2D eigenvalue weighted by molar-refractivity contribution is -0.385. The maximum Gasteiger partial charge on any atom is 0.273 e. The van der Waals surface area contributed by atoms with Crippen molar-refractivity contribution in [3.63, 3.8) is 0 Å². The smallest absolute Gasteiger partial charge is 0.273 e. The Morgan fingerprint density at radius 1 is 1.40 bits per heavy atom. The van der Waals surface area contributed by atoms with Crippen LogP contribution in [0.15, 0.2) is 23.4 Å². The second-order valence-electron chi connectivity index (χ2n) is 4.90. The number of aryl methyl sites for hydroxylation is 1. The van der Waals surface area contributed by atoms with Gasteiger partial charge in [0, 0.05) is 17.2 Å². The fourth-order valence-corrected chi connectivity index (χ4v) is 2.91. The van der Waals surface area contributed by atoms with Crippen molar-refractivity contribution in [2.24, 2.45) is 0 Å². The molecule has 1 aromatic carbocycles. The zero-order valence-electron chi connectivity index (χ0n) is 13.8. The number of thiocarbonyl (C=S) groups is 1. The Balaban J connectivity index is 2.14. The predicted molar refractivity (Wildman–Crippen MR) is 98.4 cm³/mol. The SMILES string of the molecule is CCSc1nnc(C)n1NC(=S)NC(=O)c1cccc([N+](=O)[O-])c1C. The normalized spacial score (nSPS) is 10.4. The first-order valence-corrected chi connectivity index (χ1v) is 8.65. The van der Waals surface area contributed by atoms with Crippen LogP contribution in [0.2, 0.25) is 0 Å². The number of hydrogen-bond acceptors (Lipinski definition) is 7. The molecule has 11 heteroatoms. The minimum absolute atomic E-state index is 0.0387. The summed E-state index contributed by atoms with van der Waals surface area (Å²) in [6.45, 7) is 5.24. The maximum atomic E-state index is 12.4. The van der Waals surface area contributed by atoms with E-state index < -0.39 is 10.8 Å². The van der Waals surface area contributed by atoms with Crippen molar-refractivity contribution in [1.29, 1.82) is 0 Å². The summed E-state index contributed by atoms with van der Waals surface area (Å²) in [6.07, 6.45) is 0. The average molecular weight is 380 g/mol. The van der Waals surface area contributed by atoms with Gasteiger partial charge in [-0.3, -0.25) is 25.7 Å². The van der Waals surface area contributed by atoms with E-state index in [0.29, 0.717) is 11.0 Å². The van der Waals surface area contributed by atoms with Gasteiger partial charge < -0.3 is 0 Å². The molecule has 2 aromatic rings. The van der Waals surface area contributed by atoms with Gasteiger partial charge >= 0.3 is 0 Å². The first-order chi connectivity index (χ1) is 11.8. The van der Waals surface area contributed by atoms with E-state index in [1.807, 2.05) is 6.92 Å². The summed E-state index contributed by atoms with van der Waals surface area (Å²) in [5.74, 6) is 0.847. The topological polar surface area (TPSA) is 115 Å². The molecule has 0 bridgehead atoms. The van der Waals surface area contributed by atoms with E-state index in [9.17, 15) is 14.9 Å². The van der Waals surface area contributed by atoms with Gasteiger partial charge in [-0.1, -0.05) is 24.8 Å². The maximum absolute atomic E-state index is 12.4. The summed E-state index contributed by atoms with van der Waals surface area (Å²) in [6, 6.07) is 4.30. The fraction of sp³-hybridized carbons (Fsp3) is 0.286. The van der Waals surface area contributed by atoms with Crippen molar-refractivity contribution in [3.05, 3.63) is 45.3 Å². The van der Waals surface area contributed by atoms with Crippen molar-refractivity contribution >= 4 is 40.7 Å². The highest BCUT2D eigenvalue weighted by molar-refractivity contribution is 7.99. The van der Waals surface area contributed by atoms with Crippen LogP contribution in [0.1, 0.15) is 28.7 Å². The molecular weight excluding hydrogens is 364 g/mol. The van der Waals surface area contributed by atoms with Gasteiger partial charge in [0.25, 0.3) is 11.6 Å². The molecule has 25 heavy (non-hydrogen) atoms. The second-order valence-corrected chi connectivity index (χ2v) is 6.54. The predicted octanol–water partition coefficient (Wildman–Crippen LogP) is 2.17. The van der Waals surface area contributed by atoms with Crippen LogP contribution in [-0.4, -0.2) is 36.6 Å². The number of carbonyl (C=O) groups is 1. The Hall–Kier alpha value is -2.53. The standard InChI is InChI=1S/C14H16N6O3S2/c1-4-25-14-17-16-9(3)19(14)18-13(24)15-12(21)10-6-5-7-11(8(10)2)20(22)23/h5-7H,4H2,1-3H3,(H2,15,18,21,24). The van der Waals surface area contributed by atoms with Crippen LogP contribution in [0.25, 0.3) is 0 Å². The van der Waals surface area contributed by atoms with Gasteiger partial charge in [-0.2, -0.15) is 0 Å². The highest BCUT2D eigenvalue weighted by Crippen LogP contribution is 2.21. The molecule has 0 saturated heterocycles. The Bertz CT molecular complexity index is 836. The summed E-state index contributed by atoms with van der Waals surface area (Å²) in [4.78, 5) is 22.8. The summed E-state index contributed by atoms with van der Waals surface area (Å²) in [5, 5.41) is 22.1. The number of nitro benzene ring substituents is 1. The van der Waals surface area contributed by atoms with E-state index in [1.54, 1.807) is 11.6 Å². The highest BCUT2D eigenvalue weighted by atomic mass is 32.2. The van der Waals surface area contributed by atoms with Gasteiger partial charge in [-0.05, 0) is 37.9 Å². The van der Waals surface area contributed by atoms with Crippen molar-refractivity contribution < 1.29 is 9.72 Å². The summed E-state index contributed by atoms with van der Waals surface area (Å²) < 4.78 is 1.57. The van der Waals surface area contributed by atoms with Crippen LogP contribution in [0.4, 0.5) is 5.69 Å². The number of nitrogens with zero attached hydrogens (tertiary/aromatic N) is 4. The van der Waals surface area contributed by atoms with Gasteiger partial charge in [-0.25, -0.2) is 4.68 Å². The summed E-state index contributed by atoms with van der Waals surface area (Å²) in [7, 11) is 0. The molecule has 1 aromatic heterocycles. The van der Waals surface area contributed by atoms with Crippen LogP contribution in [0.5, 0.6) is 0 Å². The Labute approximate surface area is 153 Å². The number of rotatable bonds is 5. The zero-order chi connectivity index (χ0) is 18.6. The third kappa shape index (κ3) is 4.31. The molecule has 0 unspecified atom stereocenters. The van der Waals surface area contributed by atoms with Crippen molar-refractivity contribution in [1.82, 2.24) is 20.2 Å². The first kappa shape index (κ1) is 18.8. The summed E-state index contributed by atoms with van der Waals surface area (Å²) in [5.41, 5.74) is 3.17. The quantitative estimate of drug-likeness (QED) is 0.351. The molecule has 0 aliphatic heterocycles. The van der Waals surface area contributed by atoms with Crippen LogP contribution in [0.3, 0.4) is 0 Å². The number of aromatic nitrogens is 3. The van der Waals surface area contributed by atoms with Gasteiger partial charge in [0.05, 0.1) is 4.92 Å². The van der Waals surface area contributed by atoms with Crippen molar-refractivity contribution in [2.75, 3.05) is 11.2 Å². The lowest BCUT2D eigenvalue weighted by Crippen LogP contribution is -2.38. The lowest BCUT2D eigenvalue weighted by Gasteiger charge is -2.13. The van der Waals surface area contributed by atoms with E-state index in [-0.39, 0.29) is 21.9 Å². The van der Waals surface area contributed by atoms with E-state index >= 15 is 0 Å². The zero-order valence-corrected chi connectivity index (χ0v) is 15.4. The molecule has 132 valence electrons. The Kier molecular flexibility index (Phi) is 6.04. The van der Waals surface area contributed by atoms with E-state index in [2.05, 4.69) is 20.9 Å². The fourth-order valence-electron chi connectivity index (χ4n) is 2.06. The van der Waals surface area contributed by atoms with E-state index in [1.165, 1.54) is 36.9 Å². The van der Waals surface area contributed by atoms with E-state index in [4.69, 9.17) is 12.2 Å². The van der Waals surface area contributed by atoms with Gasteiger partial charge in [0.2, 0.25) is 5.16 Å². The Morgan fingerprint density at radius 3 is 2.76 bits per heavy atom. The number of nitro groups is 1. The number of amides is 1. The minimum Gasteiger partial charge on any atom is -0.298 e. The van der Waals surface area contributed by atoms with Crippen LogP contribution in [-0.2, 0) is 0 Å². The van der Waals surface area contributed by atoms with Crippen LogP contribution >= 0.6 is 24.0 Å². The molecule has 0 aliphatic rings. The molecule has 0 fully saturated rings. The minimum atomic E-state index is -0.533. The third-order valence-electron chi connectivity index (χ3n) is 3.26. The molecule has 9 nitrogen and oxygen atoms in total. The number of hydrogen-bond donors (Lipinski definition) is 2. The molecule has 2 N–H and O–H groups in total. The van der Waals surface area contributed by atoms with Crippen molar-refractivity contribution in [3.8, 4) is 0 Å². The van der Waals surface area contributed by atoms with Crippen LogP contribution in [0, 0.1) is 24.0 Å². The molecule has 0 atom stereocenters. The molecule has 0 radical (unpaired) electrons. The number of nitrogens with one attached hydrogen (secondary N) is 2.